The lowest BCUT2D eigenvalue weighted by Crippen LogP contribution is -2.30. The van der Waals surface area contributed by atoms with Crippen LogP contribution >= 0.6 is 31.9 Å². The minimum Gasteiger partial charge on any atom is -0.334 e. The molecule has 28 heavy (non-hydrogen) atoms. The van der Waals surface area contributed by atoms with Crippen molar-refractivity contribution in [2.24, 2.45) is 0 Å². The van der Waals surface area contributed by atoms with Crippen LogP contribution in [0.5, 0.6) is 0 Å². The number of carbonyl (C=O) groups is 1. The van der Waals surface area contributed by atoms with Gasteiger partial charge in [-0.1, -0.05) is 37.9 Å². The summed E-state index contributed by atoms with van der Waals surface area (Å²) in [6, 6.07) is 13.7. The number of halogens is 2. The number of carbonyl (C=O) groups excluding carboxylic acids is 1. The number of rotatable bonds is 6. The predicted molar refractivity (Wildman–Crippen MR) is 111 cm³/mol. The van der Waals surface area contributed by atoms with Gasteiger partial charge in [-0.15, -0.1) is 0 Å². The van der Waals surface area contributed by atoms with Crippen LogP contribution in [0.15, 0.2) is 63.8 Å². The second kappa shape index (κ2) is 8.76. The molecule has 3 aromatic rings. The summed E-state index contributed by atoms with van der Waals surface area (Å²) in [5, 5.41) is 14.5. The topological polar surface area (TPSA) is 122 Å². The Hall–Kier alpha value is -3.05. The number of benzene rings is 2. The number of hydrogen-bond acceptors (Lipinski definition) is 7. The van der Waals surface area contributed by atoms with E-state index in [1.807, 2.05) is 6.07 Å². The molecule has 2 aromatic carbocycles. The molecule has 142 valence electrons. The van der Waals surface area contributed by atoms with Crippen LogP contribution in [0.1, 0.15) is 10.4 Å². The Morgan fingerprint density at radius 3 is 2.39 bits per heavy atom. The minimum atomic E-state index is -0.631. The smallest absolute Gasteiger partial charge is 0.334 e. The summed E-state index contributed by atoms with van der Waals surface area (Å²) in [7, 11) is 0. The maximum absolute atomic E-state index is 12.2. The van der Waals surface area contributed by atoms with Crippen molar-refractivity contribution >= 4 is 60.8 Å². The SMILES string of the molecule is O=C(NNc1ncnc(Nc2cccc(Br)c2)c1[N+](=O)[O-])c1ccc(Br)cc1. The Morgan fingerprint density at radius 2 is 1.71 bits per heavy atom. The van der Waals surface area contributed by atoms with Gasteiger partial charge in [0.25, 0.3) is 5.91 Å². The fourth-order valence-corrected chi connectivity index (χ4v) is 2.89. The fraction of sp³-hybridized carbons (Fsp3) is 0. The van der Waals surface area contributed by atoms with Crippen LogP contribution in [0.4, 0.5) is 23.0 Å². The molecule has 0 fully saturated rings. The van der Waals surface area contributed by atoms with E-state index in [2.05, 4.69) is 58.0 Å². The van der Waals surface area contributed by atoms with Gasteiger partial charge in [-0.25, -0.2) is 9.97 Å². The molecule has 0 atom stereocenters. The van der Waals surface area contributed by atoms with Gasteiger partial charge in [0.2, 0.25) is 11.6 Å². The summed E-state index contributed by atoms with van der Waals surface area (Å²) in [5.74, 6) is -0.636. The third kappa shape index (κ3) is 4.81. The van der Waals surface area contributed by atoms with Crippen molar-refractivity contribution in [2.45, 2.75) is 0 Å². The second-order valence-corrected chi connectivity index (χ2v) is 7.23. The highest BCUT2D eigenvalue weighted by Crippen LogP contribution is 2.31. The molecule has 0 radical (unpaired) electrons. The number of anilines is 3. The van der Waals surface area contributed by atoms with E-state index >= 15 is 0 Å². The molecule has 0 saturated heterocycles. The van der Waals surface area contributed by atoms with Crippen molar-refractivity contribution in [2.75, 3.05) is 10.7 Å². The normalized spacial score (nSPS) is 10.2. The number of hydrogen-bond donors (Lipinski definition) is 3. The largest absolute Gasteiger partial charge is 0.355 e. The number of nitrogens with zero attached hydrogens (tertiary/aromatic N) is 3. The van der Waals surface area contributed by atoms with E-state index in [9.17, 15) is 14.9 Å². The average Bonchev–Trinajstić information content (AvgIpc) is 2.66. The maximum Gasteiger partial charge on any atom is 0.355 e. The van der Waals surface area contributed by atoms with E-state index in [1.165, 1.54) is 0 Å². The highest BCUT2D eigenvalue weighted by Gasteiger charge is 2.23. The lowest BCUT2D eigenvalue weighted by atomic mass is 10.2. The van der Waals surface area contributed by atoms with Crippen molar-refractivity contribution in [3.8, 4) is 0 Å². The summed E-state index contributed by atoms with van der Waals surface area (Å²) in [6.45, 7) is 0. The molecule has 0 aliphatic carbocycles. The Kier molecular flexibility index (Phi) is 6.16. The highest BCUT2D eigenvalue weighted by molar-refractivity contribution is 9.10. The van der Waals surface area contributed by atoms with E-state index in [-0.39, 0.29) is 11.6 Å². The highest BCUT2D eigenvalue weighted by atomic mass is 79.9. The maximum atomic E-state index is 12.2. The van der Waals surface area contributed by atoms with Crippen molar-refractivity contribution in [3.63, 3.8) is 0 Å². The standard InChI is InChI=1S/C17H12Br2N6O3/c18-11-6-4-10(5-7-11)17(26)24-23-16-14(25(27)28)15(20-9-21-16)22-13-3-1-2-12(19)8-13/h1-9H,(H,24,26)(H2,20,21,22,23). The lowest BCUT2D eigenvalue weighted by molar-refractivity contribution is -0.383. The van der Waals surface area contributed by atoms with Crippen LogP contribution in [0.3, 0.4) is 0 Å². The number of amides is 1. The third-order valence-corrected chi connectivity index (χ3v) is 4.51. The van der Waals surface area contributed by atoms with Gasteiger partial charge in [-0.2, -0.15) is 0 Å². The van der Waals surface area contributed by atoms with Gasteiger partial charge in [0, 0.05) is 20.2 Å². The van der Waals surface area contributed by atoms with Gasteiger partial charge in [-0.05, 0) is 42.5 Å². The van der Waals surface area contributed by atoms with E-state index < -0.39 is 16.5 Å². The fourth-order valence-electron chi connectivity index (χ4n) is 2.23. The lowest BCUT2D eigenvalue weighted by Gasteiger charge is -2.11. The van der Waals surface area contributed by atoms with Crippen LogP contribution in [0, 0.1) is 10.1 Å². The zero-order chi connectivity index (χ0) is 20.1. The van der Waals surface area contributed by atoms with Crippen LogP contribution < -0.4 is 16.2 Å². The molecule has 0 aliphatic heterocycles. The molecule has 9 nitrogen and oxygen atoms in total. The monoisotopic (exact) mass is 506 g/mol. The van der Waals surface area contributed by atoms with E-state index in [0.717, 1.165) is 15.3 Å². The molecule has 1 amide bonds. The molecule has 0 unspecified atom stereocenters. The molecule has 0 aliphatic rings. The zero-order valence-corrected chi connectivity index (χ0v) is 17.2. The van der Waals surface area contributed by atoms with E-state index in [0.29, 0.717) is 11.3 Å². The molecule has 0 bridgehead atoms. The zero-order valence-electron chi connectivity index (χ0n) is 14.0. The summed E-state index contributed by atoms with van der Waals surface area (Å²) >= 11 is 6.62. The first kappa shape index (κ1) is 19.7. The molecule has 3 N–H and O–H groups in total. The van der Waals surface area contributed by atoms with E-state index in [4.69, 9.17) is 0 Å². The first-order chi connectivity index (χ1) is 13.4. The van der Waals surface area contributed by atoms with Crippen LogP contribution in [0.25, 0.3) is 0 Å². The first-order valence-corrected chi connectivity index (χ1v) is 9.36. The quantitative estimate of drug-likeness (QED) is 0.333. The van der Waals surface area contributed by atoms with Gasteiger partial charge in [0.15, 0.2) is 0 Å². The van der Waals surface area contributed by atoms with Crippen molar-refractivity contribution in [1.82, 2.24) is 15.4 Å². The number of nitro groups is 1. The minimum absolute atomic E-state index is 0.0153. The van der Waals surface area contributed by atoms with Gasteiger partial charge < -0.3 is 5.32 Å². The average molecular weight is 508 g/mol. The number of aromatic nitrogens is 2. The van der Waals surface area contributed by atoms with Crippen LogP contribution in [-0.2, 0) is 0 Å². The number of hydrazine groups is 1. The van der Waals surface area contributed by atoms with Gasteiger partial charge in [0.1, 0.15) is 6.33 Å². The Balaban J connectivity index is 1.82. The Morgan fingerprint density at radius 1 is 1.00 bits per heavy atom. The van der Waals surface area contributed by atoms with Crippen molar-refractivity contribution < 1.29 is 9.72 Å². The molecule has 1 aromatic heterocycles. The Labute approximate surface area is 176 Å². The third-order valence-electron chi connectivity index (χ3n) is 3.49. The summed E-state index contributed by atoms with van der Waals surface area (Å²) in [4.78, 5) is 30.9. The molecular weight excluding hydrogens is 496 g/mol. The van der Waals surface area contributed by atoms with Crippen LogP contribution in [0.2, 0.25) is 0 Å². The Bertz CT molecular complexity index is 1030. The molecule has 0 saturated carbocycles. The van der Waals surface area contributed by atoms with Crippen molar-refractivity contribution in [1.29, 1.82) is 0 Å². The van der Waals surface area contributed by atoms with Gasteiger partial charge in [-0.3, -0.25) is 25.8 Å². The summed E-state index contributed by atoms with van der Waals surface area (Å²) in [6.07, 6.45) is 1.15. The van der Waals surface area contributed by atoms with Gasteiger partial charge >= 0.3 is 5.69 Å². The molecule has 1 heterocycles. The first-order valence-electron chi connectivity index (χ1n) is 7.78. The summed E-state index contributed by atoms with van der Waals surface area (Å²) in [5.41, 5.74) is 5.46. The summed E-state index contributed by atoms with van der Waals surface area (Å²) < 4.78 is 1.63. The van der Waals surface area contributed by atoms with Crippen molar-refractivity contribution in [3.05, 3.63) is 79.5 Å². The molecule has 3 rings (SSSR count). The predicted octanol–water partition coefficient (Wildman–Crippen LogP) is 4.41. The molecular formula is C17H12Br2N6O3. The van der Waals surface area contributed by atoms with Gasteiger partial charge in [0.05, 0.1) is 4.92 Å². The second-order valence-electron chi connectivity index (χ2n) is 5.40. The molecule has 11 heteroatoms. The molecule has 0 spiro atoms. The van der Waals surface area contributed by atoms with E-state index in [1.54, 1.807) is 42.5 Å². The van der Waals surface area contributed by atoms with Crippen LogP contribution in [-0.4, -0.2) is 20.8 Å². The number of nitrogens with one attached hydrogen (secondary N) is 3.